The molecule has 0 aliphatic carbocycles. The molecule has 2 heterocycles. The zero-order valence-electron chi connectivity index (χ0n) is 8.44. The highest BCUT2D eigenvalue weighted by molar-refractivity contribution is 9.10. The van der Waals surface area contributed by atoms with E-state index in [-0.39, 0.29) is 11.5 Å². The van der Waals surface area contributed by atoms with E-state index in [4.69, 9.17) is 5.26 Å². The molecular weight excluding hydrogens is 292 g/mol. The minimum atomic E-state index is -0.422. The lowest BCUT2D eigenvalue weighted by Crippen LogP contribution is -1.81. The Hall–Kier alpha value is -1.87. The van der Waals surface area contributed by atoms with Crippen LogP contribution >= 0.6 is 15.9 Å². The van der Waals surface area contributed by atoms with Crippen LogP contribution in [0.25, 0.3) is 0 Å². The first kappa shape index (κ1) is 13.2. The molecule has 0 fully saturated rings. The Bertz CT molecular complexity index is 485. The standard InChI is InChI=1S/C6H3FN2.C5H3BrFN/c7-5-1-2-6(3-8)9-4-5;6-5-2-1-4(7)3-8-5/h1-2,4H;1-3H. The second-order valence-corrected chi connectivity index (χ2v) is 3.59. The van der Waals surface area contributed by atoms with E-state index >= 15 is 0 Å². The highest BCUT2D eigenvalue weighted by Gasteiger charge is 1.89. The molecule has 0 aliphatic heterocycles. The van der Waals surface area contributed by atoms with Crippen LogP contribution in [0.2, 0.25) is 0 Å². The molecule has 0 aliphatic rings. The van der Waals surface area contributed by atoms with Gasteiger partial charge in [-0.05, 0) is 40.2 Å². The summed E-state index contributed by atoms with van der Waals surface area (Å²) < 4.78 is 24.7. The van der Waals surface area contributed by atoms with Gasteiger partial charge in [0.1, 0.15) is 28.0 Å². The van der Waals surface area contributed by atoms with Gasteiger partial charge >= 0.3 is 0 Å². The Morgan fingerprint density at radius 3 is 1.94 bits per heavy atom. The summed E-state index contributed by atoms with van der Waals surface area (Å²) in [6.07, 6.45) is 2.17. The van der Waals surface area contributed by atoms with E-state index in [0.717, 1.165) is 12.4 Å². The van der Waals surface area contributed by atoms with E-state index in [1.54, 1.807) is 12.1 Å². The van der Waals surface area contributed by atoms with Crippen molar-refractivity contribution in [2.45, 2.75) is 0 Å². The predicted octanol–water partition coefficient (Wildman–Crippen LogP) is 3.08. The first-order chi connectivity index (χ1) is 8.11. The van der Waals surface area contributed by atoms with Gasteiger partial charge in [-0.2, -0.15) is 5.26 Å². The molecule has 0 radical (unpaired) electrons. The van der Waals surface area contributed by atoms with E-state index in [9.17, 15) is 8.78 Å². The van der Waals surface area contributed by atoms with Gasteiger partial charge in [0.15, 0.2) is 0 Å². The maximum atomic E-state index is 12.1. The molecule has 0 saturated heterocycles. The van der Waals surface area contributed by atoms with Crippen LogP contribution in [0.3, 0.4) is 0 Å². The average molecular weight is 298 g/mol. The molecule has 2 rings (SSSR count). The number of pyridine rings is 2. The van der Waals surface area contributed by atoms with E-state index in [1.165, 1.54) is 18.2 Å². The molecule has 0 spiro atoms. The van der Waals surface area contributed by atoms with Gasteiger partial charge in [-0.15, -0.1) is 0 Å². The molecular formula is C11H6BrF2N3. The largest absolute Gasteiger partial charge is 0.246 e. The lowest BCUT2D eigenvalue weighted by molar-refractivity contribution is 0.620. The zero-order chi connectivity index (χ0) is 12.7. The highest BCUT2D eigenvalue weighted by atomic mass is 79.9. The Morgan fingerprint density at radius 2 is 1.59 bits per heavy atom. The van der Waals surface area contributed by atoms with Crippen molar-refractivity contribution in [2.24, 2.45) is 0 Å². The zero-order valence-corrected chi connectivity index (χ0v) is 10.0. The maximum Gasteiger partial charge on any atom is 0.141 e. The third kappa shape index (κ3) is 5.13. The molecule has 17 heavy (non-hydrogen) atoms. The van der Waals surface area contributed by atoms with Crippen molar-refractivity contribution < 1.29 is 8.78 Å². The monoisotopic (exact) mass is 297 g/mol. The molecule has 6 heteroatoms. The fourth-order valence-corrected chi connectivity index (χ4v) is 1.03. The first-order valence-corrected chi connectivity index (χ1v) is 5.20. The molecule has 0 bridgehead atoms. The van der Waals surface area contributed by atoms with Crippen LogP contribution in [0.5, 0.6) is 0 Å². The number of halogens is 3. The van der Waals surface area contributed by atoms with E-state index in [0.29, 0.717) is 4.60 Å². The summed E-state index contributed by atoms with van der Waals surface area (Å²) in [5.41, 5.74) is 0.233. The molecule has 0 amide bonds. The highest BCUT2D eigenvalue weighted by Crippen LogP contribution is 2.03. The Labute approximate surface area is 105 Å². The Morgan fingerprint density at radius 1 is 1.00 bits per heavy atom. The molecule has 2 aromatic heterocycles. The van der Waals surface area contributed by atoms with Crippen LogP contribution in [-0.2, 0) is 0 Å². The number of aromatic nitrogens is 2. The third-order valence-corrected chi connectivity index (χ3v) is 2.00. The summed E-state index contributed by atoms with van der Waals surface area (Å²) in [6.45, 7) is 0. The molecule has 0 saturated carbocycles. The van der Waals surface area contributed by atoms with Gasteiger partial charge < -0.3 is 0 Å². The van der Waals surface area contributed by atoms with E-state index in [1.807, 2.05) is 0 Å². The molecule has 3 nitrogen and oxygen atoms in total. The number of hydrogen-bond acceptors (Lipinski definition) is 3. The summed E-state index contributed by atoms with van der Waals surface area (Å²) in [6, 6.07) is 7.20. The smallest absolute Gasteiger partial charge is 0.141 e. The van der Waals surface area contributed by atoms with Crippen molar-refractivity contribution >= 4 is 15.9 Å². The van der Waals surface area contributed by atoms with Gasteiger partial charge in [-0.25, -0.2) is 18.7 Å². The summed E-state index contributed by atoms with van der Waals surface area (Å²) in [5.74, 6) is -0.734. The summed E-state index contributed by atoms with van der Waals surface area (Å²) in [4.78, 5) is 7.08. The SMILES string of the molecule is Fc1ccc(Br)nc1.N#Cc1ccc(F)cn1. The van der Waals surface area contributed by atoms with Crippen molar-refractivity contribution in [3.8, 4) is 6.07 Å². The second-order valence-electron chi connectivity index (χ2n) is 2.77. The second kappa shape index (κ2) is 6.66. The number of nitrogens with zero attached hydrogens (tertiary/aromatic N) is 3. The van der Waals surface area contributed by atoms with Crippen LogP contribution in [-0.4, -0.2) is 9.97 Å². The van der Waals surface area contributed by atoms with Gasteiger partial charge in [0, 0.05) is 0 Å². The van der Waals surface area contributed by atoms with E-state index in [2.05, 4.69) is 25.9 Å². The molecule has 0 atom stereocenters. The average Bonchev–Trinajstić information content (AvgIpc) is 2.35. The summed E-state index contributed by atoms with van der Waals surface area (Å²) in [7, 11) is 0. The minimum Gasteiger partial charge on any atom is -0.246 e. The molecule has 0 unspecified atom stereocenters. The van der Waals surface area contributed by atoms with Gasteiger partial charge in [-0.1, -0.05) is 0 Å². The fourth-order valence-electron chi connectivity index (χ4n) is 0.800. The van der Waals surface area contributed by atoms with Gasteiger partial charge in [-0.3, -0.25) is 0 Å². The van der Waals surface area contributed by atoms with Crippen molar-refractivity contribution in [1.29, 1.82) is 5.26 Å². The lowest BCUT2D eigenvalue weighted by Gasteiger charge is -1.84. The predicted molar refractivity (Wildman–Crippen MR) is 60.8 cm³/mol. The molecule has 0 N–H and O–H groups in total. The number of nitriles is 1. The van der Waals surface area contributed by atoms with Gasteiger partial charge in [0.25, 0.3) is 0 Å². The van der Waals surface area contributed by atoms with E-state index < -0.39 is 5.82 Å². The van der Waals surface area contributed by atoms with Crippen molar-refractivity contribution in [3.63, 3.8) is 0 Å². The molecule has 2 aromatic rings. The topological polar surface area (TPSA) is 49.6 Å². The summed E-state index contributed by atoms with van der Waals surface area (Å²) >= 11 is 3.07. The van der Waals surface area contributed by atoms with Crippen LogP contribution < -0.4 is 0 Å². The normalized spacial score (nSPS) is 8.82. The number of rotatable bonds is 0. The van der Waals surface area contributed by atoms with Crippen molar-refractivity contribution in [2.75, 3.05) is 0 Å². The van der Waals surface area contributed by atoms with Crippen LogP contribution in [0, 0.1) is 23.0 Å². The van der Waals surface area contributed by atoms with Crippen LogP contribution in [0.1, 0.15) is 5.69 Å². The van der Waals surface area contributed by atoms with Gasteiger partial charge in [0.2, 0.25) is 0 Å². The molecule has 0 aromatic carbocycles. The fraction of sp³-hybridized carbons (Fsp3) is 0. The summed E-state index contributed by atoms with van der Waals surface area (Å²) in [5, 5.41) is 8.19. The van der Waals surface area contributed by atoms with Crippen LogP contribution in [0.4, 0.5) is 8.78 Å². The molecule has 86 valence electrons. The first-order valence-electron chi connectivity index (χ1n) is 4.40. The number of hydrogen-bond donors (Lipinski definition) is 0. The Balaban J connectivity index is 0.000000171. The maximum absolute atomic E-state index is 12.1. The lowest BCUT2D eigenvalue weighted by atomic mass is 10.4. The van der Waals surface area contributed by atoms with Crippen molar-refractivity contribution in [3.05, 3.63) is 58.6 Å². The van der Waals surface area contributed by atoms with Crippen molar-refractivity contribution in [1.82, 2.24) is 9.97 Å². The van der Waals surface area contributed by atoms with Gasteiger partial charge in [0.05, 0.1) is 12.4 Å². The quantitative estimate of drug-likeness (QED) is 0.702. The minimum absolute atomic E-state index is 0.233. The van der Waals surface area contributed by atoms with Crippen LogP contribution in [0.15, 0.2) is 41.3 Å². The third-order valence-electron chi connectivity index (χ3n) is 1.53. The Kier molecular flexibility index (Phi) is 5.17.